The van der Waals surface area contributed by atoms with Gasteiger partial charge in [0.2, 0.25) is 0 Å². The van der Waals surface area contributed by atoms with Crippen LogP contribution in [0.4, 0.5) is 5.69 Å². The SMILES string of the molecule is Cc1ccc(NC(=O)COC(=O)c2csc(-c3cccs3)n2)c(C)c1. The van der Waals surface area contributed by atoms with Crippen molar-refractivity contribution >= 4 is 40.2 Å². The number of benzene rings is 1. The van der Waals surface area contributed by atoms with Crippen LogP contribution in [0.25, 0.3) is 9.88 Å². The lowest BCUT2D eigenvalue weighted by Crippen LogP contribution is -2.21. The first-order valence-corrected chi connectivity index (χ1v) is 9.32. The number of aryl methyl sites for hydroxylation is 2. The molecule has 0 aliphatic heterocycles. The zero-order valence-electron chi connectivity index (χ0n) is 13.7. The van der Waals surface area contributed by atoms with E-state index in [4.69, 9.17) is 4.74 Å². The van der Waals surface area contributed by atoms with Crippen LogP contribution in [0.1, 0.15) is 21.6 Å². The Bertz CT molecular complexity index is 901. The smallest absolute Gasteiger partial charge is 0.358 e. The van der Waals surface area contributed by atoms with E-state index in [9.17, 15) is 9.59 Å². The van der Waals surface area contributed by atoms with Gasteiger partial charge in [-0.3, -0.25) is 4.79 Å². The van der Waals surface area contributed by atoms with Crippen molar-refractivity contribution in [1.29, 1.82) is 0 Å². The number of hydrogen-bond donors (Lipinski definition) is 1. The van der Waals surface area contributed by atoms with Gasteiger partial charge in [-0.25, -0.2) is 9.78 Å². The number of esters is 1. The number of hydrogen-bond acceptors (Lipinski definition) is 6. The van der Waals surface area contributed by atoms with Crippen molar-refractivity contribution in [3.63, 3.8) is 0 Å². The van der Waals surface area contributed by atoms with Crippen molar-refractivity contribution in [2.24, 2.45) is 0 Å². The van der Waals surface area contributed by atoms with Crippen molar-refractivity contribution in [1.82, 2.24) is 4.98 Å². The van der Waals surface area contributed by atoms with E-state index >= 15 is 0 Å². The second-order valence-corrected chi connectivity index (χ2v) is 7.26. The Balaban J connectivity index is 1.56. The summed E-state index contributed by atoms with van der Waals surface area (Å²) in [6, 6.07) is 9.59. The van der Waals surface area contributed by atoms with Crippen LogP contribution in [0.15, 0.2) is 41.1 Å². The van der Waals surface area contributed by atoms with E-state index in [0.717, 1.165) is 21.0 Å². The molecule has 128 valence electrons. The van der Waals surface area contributed by atoms with Gasteiger partial charge in [-0.2, -0.15) is 0 Å². The van der Waals surface area contributed by atoms with Crippen LogP contribution < -0.4 is 5.32 Å². The third-order valence-corrected chi connectivity index (χ3v) is 5.32. The Morgan fingerprint density at radius 2 is 2.04 bits per heavy atom. The van der Waals surface area contributed by atoms with Gasteiger partial charge in [0.25, 0.3) is 5.91 Å². The number of carbonyl (C=O) groups excluding carboxylic acids is 2. The molecule has 0 saturated heterocycles. The molecule has 1 N–H and O–H groups in total. The fourth-order valence-electron chi connectivity index (χ4n) is 2.23. The van der Waals surface area contributed by atoms with E-state index in [1.54, 1.807) is 16.7 Å². The molecule has 2 aromatic heterocycles. The predicted molar refractivity (Wildman–Crippen MR) is 100 cm³/mol. The quantitative estimate of drug-likeness (QED) is 0.679. The Morgan fingerprint density at radius 3 is 2.76 bits per heavy atom. The van der Waals surface area contributed by atoms with E-state index in [1.165, 1.54) is 11.3 Å². The molecule has 0 aliphatic rings. The van der Waals surface area contributed by atoms with Crippen molar-refractivity contribution in [3.05, 3.63) is 57.9 Å². The van der Waals surface area contributed by atoms with Gasteiger partial charge in [0.1, 0.15) is 5.01 Å². The van der Waals surface area contributed by atoms with E-state index < -0.39 is 5.97 Å². The van der Waals surface area contributed by atoms with Gasteiger partial charge in [-0.15, -0.1) is 22.7 Å². The molecule has 0 aliphatic carbocycles. The molecule has 5 nitrogen and oxygen atoms in total. The molecule has 0 fully saturated rings. The van der Waals surface area contributed by atoms with Gasteiger partial charge < -0.3 is 10.1 Å². The van der Waals surface area contributed by atoms with E-state index in [2.05, 4.69) is 10.3 Å². The first-order chi connectivity index (χ1) is 12.0. The lowest BCUT2D eigenvalue weighted by molar-refractivity contribution is -0.119. The van der Waals surface area contributed by atoms with Crippen LogP contribution in [0.3, 0.4) is 0 Å². The van der Waals surface area contributed by atoms with Crippen LogP contribution in [0.5, 0.6) is 0 Å². The van der Waals surface area contributed by atoms with E-state index in [-0.39, 0.29) is 18.2 Å². The third kappa shape index (κ3) is 4.32. The number of amides is 1. The molecule has 0 unspecified atom stereocenters. The lowest BCUT2D eigenvalue weighted by Gasteiger charge is -2.09. The normalized spacial score (nSPS) is 10.5. The topological polar surface area (TPSA) is 68.3 Å². The zero-order chi connectivity index (χ0) is 17.8. The second-order valence-electron chi connectivity index (χ2n) is 5.46. The Labute approximate surface area is 153 Å². The maximum absolute atomic E-state index is 12.0. The Kier molecular flexibility index (Phi) is 5.25. The highest BCUT2D eigenvalue weighted by atomic mass is 32.1. The molecule has 3 rings (SSSR count). The first kappa shape index (κ1) is 17.3. The Morgan fingerprint density at radius 1 is 1.20 bits per heavy atom. The van der Waals surface area contributed by atoms with Crippen LogP contribution >= 0.6 is 22.7 Å². The van der Waals surface area contributed by atoms with Gasteiger partial charge in [0.15, 0.2) is 12.3 Å². The highest BCUT2D eigenvalue weighted by Gasteiger charge is 2.15. The molecule has 0 radical (unpaired) electrons. The van der Waals surface area contributed by atoms with Crippen molar-refractivity contribution in [2.75, 3.05) is 11.9 Å². The predicted octanol–water partition coefficient (Wildman–Crippen LogP) is 4.28. The summed E-state index contributed by atoms with van der Waals surface area (Å²) in [5.41, 5.74) is 3.00. The highest BCUT2D eigenvalue weighted by Crippen LogP contribution is 2.27. The maximum atomic E-state index is 12.0. The third-order valence-electron chi connectivity index (χ3n) is 3.44. The van der Waals surface area contributed by atoms with Crippen molar-refractivity contribution in [2.45, 2.75) is 13.8 Å². The van der Waals surface area contributed by atoms with Gasteiger partial charge in [0, 0.05) is 11.1 Å². The number of carbonyl (C=O) groups is 2. The molecule has 7 heteroatoms. The van der Waals surface area contributed by atoms with Crippen LogP contribution in [0.2, 0.25) is 0 Å². The summed E-state index contributed by atoms with van der Waals surface area (Å²) in [5, 5.41) is 7.09. The average Bonchev–Trinajstić information content (AvgIpc) is 3.26. The number of thiophene rings is 1. The summed E-state index contributed by atoms with van der Waals surface area (Å²) < 4.78 is 5.05. The van der Waals surface area contributed by atoms with Crippen LogP contribution in [-0.4, -0.2) is 23.5 Å². The number of nitrogens with one attached hydrogen (secondary N) is 1. The number of nitrogens with zero attached hydrogens (tertiary/aromatic N) is 1. The van der Waals surface area contributed by atoms with Gasteiger partial charge in [-0.1, -0.05) is 23.8 Å². The van der Waals surface area contributed by atoms with Crippen LogP contribution in [-0.2, 0) is 9.53 Å². The largest absolute Gasteiger partial charge is 0.451 e. The molecular formula is C18H16N2O3S2. The summed E-state index contributed by atoms with van der Waals surface area (Å²) in [5.74, 6) is -0.983. The average molecular weight is 372 g/mol. The number of ether oxygens (including phenoxy) is 1. The molecule has 1 aromatic carbocycles. The summed E-state index contributed by atoms with van der Waals surface area (Å²) in [6.07, 6.45) is 0. The summed E-state index contributed by atoms with van der Waals surface area (Å²) >= 11 is 2.93. The van der Waals surface area contributed by atoms with E-state index in [1.807, 2.05) is 49.6 Å². The Hall–Kier alpha value is -2.51. The number of anilines is 1. The highest BCUT2D eigenvalue weighted by molar-refractivity contribution is 7.20. The molecule has 0 bridgehead atoms. The summed E-state index contributed by atoms with van der Waals surface area (Å²) in [4.78, 5) is 29.3. The van der Waals surface area contributed by atoms with E-state index in [0.29, 0.717) is 5.69 Å². The fourth-order valence-corrected chi connectivity index (χ4v) is 3.83. The van der Waals surface area contributed by atoms with Gasteiger partial charge >= 0.3 is 5.97 Å². The molecule has 2 heterocycles. The molecule has 3 aromatic rings. The summed E-state index contributed by atoms with van der Waals surface area (Å²) in [6.45, 7) is 3.55. The van der Waals surface area contributed by atoms with Gasteiger partial charge in [-0.05, 0) is 36.9 Å². The fraction of sp³-hybridized carbons (Fsp3) is 0.167. The molecule has 0 atom stereocenters. The minimum absolute atomic E-state index is 0.215. The van der Waals surface area contributed by atoms with Crippen molar-refractivity contribution < 1.29 is 14.3 Å². The van der Waals surface area contributed by atoms with Crippen molar-refractivity contribution in [3.8, 4) is 9.88 Å². The molecular weight excluding hydrogens is 356 g/mol. The molecule has 0 saturated carbocycles. The number of rotatable bonds is 5. The number of aromatic nitrogens is 1. The molecule has 1 amide bonds. The maximum Gasteiger partial charge on any atom is 0.358 e. The van der Waals surface area contributed by atoms with Gasteiger partial charge in [0.05, 0.1) is 4.88 Å². The van der Waals surface area contributed by atoms with Crippen LogP contribution in [0, 0.1) is 13.8 Å². The molecule has 25 heavy (non-hydrogen) atoms. The second kappa shape index (κ2) is 7.58. The molecule has 0 spiro atoms. The summed E-state index contributed by atoms with van der Waals surface area (Å²) in [7, 11) is 0. The minimum atomic E-state index is -0.602. The first-order valence-electron chi connectivity index (χ1n) is 7.56. The minimum Gasteiger partial charge on any atom is -0.451 e. The number of thiazole rings is 1. The monoisotopic (exact) mass is 372 g/mol. The lowest BCUT2D eigenvalue weighted by atomic mass is 10.1. The zero-order valence-corrected chi connectivity index (χ0v) is 15.4. The standard InChI is InChI=1S/C18H16N2O3S2/c1-11-5-6-13(12(2)8-11)19-16(21)9-23-18(22)14-10-25-17(20-14)15-4-3-7-24-15/h3-8,10H,9H2,1-2H3,(H,19,21).